The van der Waals surface area contributed by atoms with Gasteiger partial charge in [0.15, 0.2) is 0 Å². The number of ether oxygens (including phenoxy) is 1. The molecule has 16 heavy (non-hydrogen) atoms. The van der Waals surface area contributed by atoms with Crippen molar-refractivity contribution in [3.05, 3.63) is 0 Å². The number of amides is 2. The Morgan fingerprint density at radius 3 is 2.00 bits per heavy atom. The molecule has 96 valence electrons. The summed E-state index contributed by atoms with van der Waals surface area (Å²) in [5.41, 5.74) is 4.72. The third-order valence-corrected chi connectivity index (χ3v) is 1.73. The van der Waals surface area contributed by atoms with Crippen molar-refractivity contribution in [1.29, 1.82) is 0 Å². The molecule has 2 amide bonds. The third-order valence-electron chi connectivity index (χ3n) is 1.73. The van der Waals surface area contributed by atoms with E-state index in [2.05, 4.69) is 6.92 Å². The molecule has 5 nitrogen and oxygen atoms in total. The third kappa shape index (κ3) is 15.2. The molecule has 2 N–H and O–H groups in total. The van der Waals surface area contributed by atoms with E-state index in [-0.39, 0.29) is 5.97 Å². The van der Waals surface area contributed by atoms with Crippen LogP contribution in [0.2, 0.25) is 0 Å². The van der Waals surface area contributed by atoms with Gasteiger partial charge in [-0.15, -0.1) is 0 Å². The van der Waals surface area contributed by atoms with E-state index in [9.17, 15) is 9.59 Å². The van der Waals surface area contributed by atoms with Crippen LogP contribution in [-0.4, -0.2) is 37.6 Å². The Morgan fingerprint density at radius 2 is 1.69 bits per heavy atom. The fourth-order valence-electron chi connectivity index (χ4n) is 0.752. The summed E-state index contributed by atoms with van der Waals surface area (Å²) in [4.78, 5) is 21.8. The van der Waals surface area contributed by atoms with Crippen molar-refractivity contribution in [2.75, 3.05) is 20.7 Å². The quantitative estimate of drug-likeness (QED) is 0.580. The molecule has 5 heteroatoms. The molecule has 0 radical (unpaired) electrons. The fourth-order valence-corrected chi connectivity index (χ4v) is 0.752. The van der Waals surface area contributed by atoms with Crippen LogP contribution in [0.3, 0.4) is 0 Å². The zero-order chi connectivity index (χ0) is 13.0. The summed E-state index contributed by atoms with van der Waals surface area (Å²) >= 11 is 0. The number of primary amides is 1. The predicted molar refractivity (Wildman–Crippen MR) is 64.0 cm³/mol. The van der Waals surface area contributed by atoms with Crippen LogP contribution in [0, 0.1) is 0 Å². The van der Waals surface area contributed by atoms with Crippen LogP contribution in [0.1, 0.15) is 39.5 Å². The minimum absolute atomic E-state index is 0.0593. The molecular weight excluding hydrogens is 208 g/mol. The SMILES string of the molecule is CCCCCC(=O)OCC.CN(C)C(N)=O. The number of hydrogen-bond donors (Lipinski definition) is 1. The van der Waals surface area contributed by atoms with Gasteiger partial charge in [0.05, 0.1) is 6.61 Å². The Hall–Kier alpha value is -1.26. The molecule has 0 bridgehead atoms. The van der Waals surface area contributed by atoms with Crippen LogP contribution in [0.25, 0.3) is 0 Å². The van der Waals surface area contributed by atoms with Crippen molar-refractivity contribution in [1.82, 2.24) is 4.90 Å². The second kappa shape index (κ2) is 11.8. The van der Waals surface area contributed by atoms with Gasteiger partial charge in [-0.1, -0.05) is 19.8 Å². The smallest absolute Gasteiger partial charge is 0.314 e. The highest BCUT2D eigenvalue weighted by atomic mass is 16.5. The molecular formula is C11H24N2O3. The predicted octanol–water partition coefficient (Wildman–Crippen LogP) is 1.76. The molecule has 0 atom stereocenters. The van der Waals surface area contributed by atoms with Gasteiger partial charge >= 0.3 is 12.0 Å². The maximum atomic E-state index is 10.7. The van der Waals surface area contributed by atoms with Gasteiger partial charge in [-0.3, -0.25) is 4.79 Å². The summed E-state index contributed by atoms with van der Waals surface area (Å²) in [7, 11) is 3.20. The minimum atomic E-state index is -0.407. The first-order chi connectivity index (χ1) is 7.45. The van der Waals surface area contributed by atoms with Crippen LogP contribution >= 0.6 is 0 Å². The summed E-state index contributed by atoms with van der Waals surface area (Å²) in [6, 6.07) is -0.407. The molecule has 0 rings (SSSR count). The van der Waals surface area contributed by atoms with Gasteiger partial charge in [-0.2, -0.15) is 0 Å². The lowest BCUT2D eigenvalue weighted by Crippen LogP contribution is -2.27. The number of esters is 1. The molecule has 0 aliphatic rings. The lowest BCUT2D eigenvalue weighted by molar-refractivity contribution is -0.143. The van der Waals surface area contributed by atoms with Gasteiger partial charge in [-0.25, -0.2) is 4.79 Å². The molecule has 0 spiro atoms. The number of urea groups is 1. The standard InChI is InChI=1S/C8H16O2.C3H8N2O/c1-3-5-6-7-8(9)10-4-2;1-5(2)3(4)6/h3-7H2,1-2H3;1-2H3,(H2,4,6). The van der Waals surface area contributed by atoms with Crippen molar-refractivity contribution < 1.29 is 14.3 Å². The molecule has 0 aliphatic carbocycles. The number of unbranched alkanes of at least 4 members (excludes halogenated alkanes) is 2. The number of nitrogens with two attached hydrogens (primary N) is 1. The van der Waals surface area contributed by atoms with Crippen LogP contribution in [0.4, 0.5) is 4.79 Å². The van der Waals surface area contributed by atoms with E-state index in [1.807, 2.05) is 6.92 Å². The first-order valence-corrected chi connectivity index (χ1v) is 5.58. The summed E-state index contributed by atoms with van der Waals surface area (Å²) in [5, 5.41) is 0. The van der Waals surface area contributed by atoms with E-state index in [0.717, 1.165) is 19.3 Å². The van der Waals surface area contributed by atoms with Crippen LogP contribution in [0.15, 0.2) is 0 Å². The second-order valence-corrected chi connectivity index (χ2v) is 3.49. The number of carbonyl (C=O) groups excluding carboxylic acids is 2. The average Bonchev–Trinajstić information content (AvgIpc) is 2.19. The number of carbonyl (C=O) groups is 2. The minimum Gasteiger partial charge on any atom is -0.466 e. The average molecular weight is 232 g/mol. The lowest BCUT2D eigenvalue weighted by atomic mass is 10.2. The highest BCUT2D eigenvalue weighted by Gasteiger charge is 1.98. The largest absolute Gasteiger partial charge is 0.466 e. The molecule has 0 fully saturated rings. The summed E-state index contributed by atoms with van der Waals surface area (Å²) < 4.78 is 4.75. The number of hydrogen-bond acceptors (Lipinski definition) is 3. The van der Waals surface area contributed by atoms with Crippen molar-refractivity contribution in [2.45, 2.75) is 39.5 Å². The van der Waals surface area contributed by atoms with Crippen LogP contribution in [0.5, 0.6) is 0 Å². The zero-order valence-electron chi connectivity index (χ0n) is 10.8. The monoisotopic (exact) mass is 232 g/mol. The number of rotatable bonds is 5. The van der Waals surface area contributed by atoms with E-state index in [0.29, 0.717) is 13.0 Å². The number of nitrogens with zero attached hydrogens (tertiary/aromatic N) is 1. The summed E-state index contributed by atoms with van der Waals surface area (Å²) in [6.45, 7) is 4.45. The normalized spacial score (nSPS) is 8.75. The maximum absolute atomic E-state index is 10.7. The first kappa shape index (κ1) is 17.1. The van der Waals surface area contributed by atoms with E-state index in [1.165, 1.54) is 4.90 Å². The molecule has 0 unspecified atom stereocenters. The van der Waals surface area contributed by atoms with Gasteiger partial charge in [0.1, 0.15) is 0 Å². The van der Waals surface area contributed by atoms with Gasteiger partial charge in [-0.05, 0) is 13.3 Å². The van der Waals surface area contributed by atoms with E-state index in [4.69, 9.17) is 10.5 Å². The Bertz CT molecular complexity index is 194. The molecule has 0 aromatic rings. The molecule has 0 heterocycles. The van der Waals surface area contributed by atoms with Gasteiger partial charge in [0.2, 0.25) is 0 Å². The van der Waals surface area contributed by atoms with Gasteiger partial charge in [0.25, 0.3) is 0 Å². The zero-order valence-corrected chi connectivity index (χ0v) is 10.8. The van der Waals surface area contributed by atoms with Crippen LogP contribution < -0.4 is 5.73 Å². The Labute approximate surface area is 97.9 Å². The highest BCUT2D eigenvalue weighted by Crippen LogP contribution is 1.99. The molecule has 0 saturated heterocycles. The van der Waals surface area contributed by atoms with Crippen molar-refractivity contribution >= 4 is 12.0 Å². The van der Waals surface area contributed by atoms with Crippen molar-refractivity contribution in [3.8, 4) is 0 Å². The molecule has 0 saturated carbocycles. The summed E-state index contributed by atoms with van der Waals surface area (Å²) in [6.07, 6.45) is 3.83. The molecule has 0 aromatic heterocycles. The fraction of sp³-hybridized carbons (Fsp3) is 0.818. The molecule has 0 aromatic carbocycles. The van der Waals surface area contributed by atoms with Crippen molar-refractivity contribution in [2.24, 2.45) is 5.73 Å². The highest BCUT2D eigenvalue weighted by molar-refractivity contribution is 5.71. The van der Waals surface area contributed by atoms with Gasteiger partial charge < -0.3 is 15.4 Å². The Morgan fingerprint density at radius 1 is 1.19 bits per heavy atom. The topological polar surface area (TPSA) is 72.6 Å². The lowest BCUT2D eigenvalue weighted by Gasteiger charge is -2.01. The first-order valence-electron chi connectivity index (χ1n) is 5.58. The maximum Gasteiger partial charge on any atom is 0.314 e. The molecule has 0 aliphatic heterocycles. The van der Waals surface area contributed by atoms with E-state index in [1.54, 1.807) is 14.1 Å². The van der Waals surface area contributed by atoms with E-state index < -0.39 is 6.03 Å². The van der Waals surface area contributed by atoms with Gasteiger partial charge in [0, 0.05) is 20.5 Å². The second-order valence-electron chi connectivity index (χ2n) is 3.49. The Balaban J connectivity index is 0. The van der Waals surface area contributed by atoms with Crippen molar-refractivity contribution in [3.63, 3.8) is 0 Å². The van der Waals surface area contributed by atoms with Crippen LogP contribution in [-0.2, 0) is 9.53 Å². The Kier molecular flexibility index (Phi) is 12.7. The van der Waals surface area contributed by atoms with E-state index >= 15 is 0 Å². The summed E-state index contributed by atoms with van der Waals surface area (Å²) in [5.74, 6) is -0.0593.